The zero-order valence-electron chi connectivity index (χ0n) is 64.0. The number of likely N-dealkylation sites (N-methyl/N-ethyl adjacent to an activating group) is 2. The molecule has 3 N–H and O–H groups in total. The number of carbonyl (C=O) groups excluding carboxylic acids is 17. The molecule has 2 fully saturated rings. The zero-order valence-corrected chi connectivity index (χ0v) is 73.0. The van der Waals surface area contributed by atoms with Crippen LogP contribution < -0.4 is 87.2 Å². The normalized spacial score (nSPS) is 14.5. The van der Waals surface area contributed by atoms with E-state index in [1.807, 2.05) is 4.90 Å². The van der Waals surface area contributed by atoms with Crippen molar-refractivity contribution in [2.45, 2.75) is 42.7 Å². The van der Waals surface area contributed by atoms with Crippen molar-refractivity contribution < 1.29 is 323 Å². The zero-order chi connectivity index (χ0) is 85.6. The molecule has 1 atom stereocenters. The molecule has 53 heteroatoms. The van der Waals surface area contributed by atoms with Crippen molar-refractivity contribution >= 4 is 101 Å². The van der Waals surface area contributed by atoms with Gasteiger partial charge in [0.2, 0.25) is 11.8 Å². The summed E-state index contributed by atoms with van der Waals surface area (Å²) in [6.07, 6.45) is -0.587. The monoisotopic (exact) mass is 2300 g/mol. The second kappa shape index (κ2) is 80.5. The first-order chi connectivity index (χ1) is 52.4. The predicted molar refractivity (Wildman–Crippen MR) is 372 cm³/mol. The molecule has 2 saturated heterocycles. The van der Waals surface area contributed by atoms with Gasteiger partial charge >= 0.3 is 160 Å². The van der Waals surface area contributed by atoms with E-state index in [1.165, 1.54) is 53.3 Å². The smallest absolute Gasteiger partial charge is 0.549 e. The summed E-state index contributed by atoms with van der Waals surface area (Å²) in [5.74, 6) is -21.6. The molecule has 0 bridgehead atoms. The van der Waals surface area contributed by atoms with Crippen molar-refractivity contribution in [1.29, 1.82) is 0 Å². The van der Waals surface area contributed by atoms with Crippen LogP contribution in [0, 0.1) is 160 Å². The molecular formula is C67H113Gd4N16O33-3. The molecule has 694 valence electrons. The number of carbonyl (C=O) groups is 17. The molecule has 2 heterocycles. The number of aliphatic hydroxyl groups excluding tert-OH is 1. The number of aliphatic carboxylic acids is 15. The van der Waals surface area contributed by atoms with Crippen molar-refractivity contribution in [3.63, 3.8) is 0 Å². The van der Waals surface area contributed by atoms with Crippen LogP contribution in [0.2, 0.25) is 0 Å². The minimum absolute atomic E-state index is 0. The van der Waals surface area contributed by atoms with Crippen LogP contribution in [-0.4, -0.2) is 470 Å². The quantitative estimate of drug-likeness (QED) is 0.0509. The number of nitrogens with one attached hydrogen (secondary N) is 2. The Hall–Kier alpha value is -4.31. The Kier molecular flexibility index (Phi) is 91.4. The van der Waals surface area contributed by atoms with Gasteiger partial charge < -0.3 is 164 Å². The van der Waals surface area contributed by atoms with Crippen LogP contribution in [0.3, 0.4) is 0 Å². The third-order valence-corrected chi connectivity index (χ3v) is 15.9. The molecule has 4 radical (unpaired) electrons. The van der Waals surface area contributed by atoms with Crippen LogP contribution in [-0.2, 0) is 81.5 Å². The van der Waals surface area contributed by atoms with Crippen LogP contribution in [0.25, 0.3) is 0 Å². The van der Waals surface area contributed by atoms with E-state index in [-0.39, 0.29) is 366 Å². The first kappa shape index (κ1) is 136. The molecule has 2 amide bonds. The van der Waals surface area contributed by atoms with E-state index >= 15 is 0 Å². The molecule has 2 aliphatic heterocycles. The van der Waals surface area contributed by atoms with Crippen molar-refractivity contribution in [2.75, 3.05) is 289 Å². The van der Waals surface area contributed by atoms with Crippen LogP contribution in [0.15, 0.2) is 0 Å². The Labute approximate surface area is 826 Å². The number of carboxylic acid groups (broad SMARTS) is 15. The second-order valence-electron chi connectivity index (χ2n) is 25.4. The molecule has 0 saturated carbocycles. The van der Waals surface area contributed by atoms with Crippen molar-refractivity contribution in [2.24, 2.45) is 0 Å². The number of carboxylic acids is 15. The summed E-state index contributed by atoms with van der Waals surface area (Å²) in [7, 11) is 2.78. The maximum atomic E-state index is 11.5. The number of hydrogen-bond donors (Lipinski definition) is 3. The fourth-order valence-electron chi connectivity index (χ4n) is 10.7. The van der Waals surface area contributed by atoms with Crippen LogP contribution >= 0.6 is 0 Å². The first-order valence-electron chi connectivity index (χ1n) is 34.6. The Morgan fingerprint density at radius 1 is 0.242 bits per heavy atom. The largest absolute Gasteiger partial charge is 3.00 e. The standard InChI is InChI=1S/C17H32N4O7.C16H29N5O8.C16H28N4O8.C14H23N3O10.4CH4.4Gd/c1-14(22)10-18-2-4-19(11-15(23)24)6-8-21(13-17(27)28)9-7-20(5-3-18)12-16(25)26;1-17-12(22)7-20(10-15(26)27)5-3-19(9-14(24)25)4-6-21(11-16(28)29)8-13(23)18-2;21-13(22)9-17-1-2-18(10-14(23)24)5-6-20(12-16(27)28)8-7-19(4-3-17)11-15(25)26;18-10(19)5-15(1-3-16(6-11(20)21)7-12(22)23)2-4-17(8-13(24)25)9-14(26)27;;;;;;;;/h14,22H,2-13H2,1H3,(H,23,24)(H,25,26)(H,27,28);3-11H2,1-2H3,(H,17,22)(H,18,23)(H,24,25)(H,26,27)(H,28,29);1-12H2,(H,21,22)(H,23,24)(H,25,26)(H,27,28);1-9H2,(H,18,19)(H,20,21)(H,22,23)(H,24,25)(H,26,27);4*1H4;;;;/q;;;;;;;;4*+3/p-15. The molecule has 0 aromatic rings. The van der Waals surface area contributed by atoms with Gasteiger partial charge in [-0.15, -0.1) is 0 Å². The Bertz CT molecular complexity index is 2750. The van der Waals surface area contributed by atoms with Gasteiger partial charge in [0, 0.05) is 276 Å². The molecular weight excluding hydrogens is 2190 g/mol. The fourth-order valence-corrected chi connectivity index (χ4v) is 10.7. The third-order valence-electron chi connectivity index (χ3n) is 15.9. The Morgan fingerprint density at radius 2 is 0.367 bits per heavy atom. The van der Waals surface area contributed by atoms with E-state index in [0.717, 1.165) is 9.80 Å². The van der Waals surface area contributed by atoms with Gasteiger partial charge in [-0.1, -0.05) is 29.7 Å². The second-order valence-corrected chi connectivity index (χ2v) is 25.4. The van der Waals surface area contributed by atoms with Gasteiger partial charge in [-0.25, -0.2) is 0 Å². The Morgan fingerprint density at radius 3 is 0.492 bits per heavy atom. The molecule has 1 unspecified atom stereocenters. The number of β-amino-alcohol motifs (C(OH)–C–C–N with tert-alkyl or cyclic N) is 1. The van der Waals surface area contributed by atoms with Crippen molar-refractivity contribution in [3.8, 4) is 0 Å². The summed E-state index contributed by atoms with van der Waals surface area (Å²) >= 11 is 0. The van der Waals surface area contributed by atoms with E-state index in [0.29, 0.717) is 45.8 Å². The summed E-state index contributed by atoms with van der Waals surface area (Å²) in [5.41, 5.74) is 0. The topological polar surface area (TPSA) is 726 Å². The van der Waals surface area contributed by atoms with E-state index in [4.69, 9.17) is 0 Å². The molecule has 0 aromatic carbocycles. The van der Waals surface area contributed by atoms with Gasteiger partial charge in [0.05, 0.1) is 109 Å². The minimum Gasteiger partial charge on any atom is -0.549 e. The first-order valence-corrected chi connectivity index (χ1v) is 34.6. The number of aliphatic hydroxyl groups is 1. The summed E-state index contributed by atoms with van der Waals surface area (Å²) in [6.45, 7) is -1.80. The van der Waals surface area contributed by atoms with Crippen molar-refractivity contribution in [1.82, 2.24) is 79.2 Å². The predicted octanol–water partition coefficient (Wildman–Crippen LogP) is -28.1. The van der Waals surface area contributed by atoms with Gasteiger partial charge in [-0.3, -0.25) is 78.2 Å². The van der Waals surface area contributed by atoms with Gasteiger partial charge in [0.15, 0.2) is 0 Å². The third kappa shape index (κ3) is 83.2. The van der Waals surface area contributed by atoms with E-state index in [2.05, 4.69) is 10.6 Å². The Balaban J connectivity index is -0.000000164. The average molecular weight is 2300 g/mol. The van der Waals surface area contributed by atoms with Crippen LogP contribution in [0.4, 0.5) is 0 Å². The summed E-state index contributed by atoms with van der Waals surface area (Å²) in [4.78, 5) is 206. The molecule has 0 aromatic heterocycles. The maximum Gasteiger partial charge on any atom is 3.00 e. The molecule has 0 aliphatic carbocycles. The van der Waals surface area contributed by atoms with Crippen molar-refractivity contribution in [3.05, 3.63) is 0 Å². The van der Waals surface area contributed by atoms with E-state index < -0.39 is 160 Å². The minimum atomic E-state index is -1.54. The summed E-state index contributed by atoms with van der Waals surface area (Å²) in [5, 5.41) is 177. The van der Waals surface area contributed by atoms with Gasteiger partial charge in [0.25, 0.3) is 0 Å². The summed E-state index contributed by atoms with van der Waals surface area (Å²) < 4.78 is 0. The number of amides is 2. The van der Waals surface area contributed by atoms with Gasteiger partial charge in [-0.05, 0) is 6.92 Å². The summed E-state index contributed by atoms with van der Waals surface area (Å²) in [6, 6.07) is 0. The number of hydrogen-bond acceptors (Lipinski definition) is 47. The number of nitrogens with zero attached hydrogens (tertiary/aromatic N) is 14. The molecule has 2 rings (SSSR count). The molecule has 49 nitrogen and oxygen atoms in total. The van der Waals surface area contributed by atoms with Crippen LogP contribution in [0.5, 0.6) is 0 Å². The molecule has 2 aliphatic rings. The van der Waals surface area contributed by atoms with E-state index in [9.17, 15) is 163 Å². The average Bonchev–Trinajstić information content (AvgIpc) is 0.896. The van der Waals surface area contributed by atoms with Crippen LogP contribution in [0.1, 0.15) is 36.6 Å². The molecule has 0 spiro atoms. The SMILES string of the molecule is C.C.C.C.CC(O)CN1CCN(CC(=O)[O-])CCN(CC(=O)[O-])CCN(CC(=O)[O-])CC1.CNC(=O)CN(CCN(CCN(CC(=O)[O-])CC(=O)NC)CC(=O)[O-])CC(=O)[O-].O=C([O-])CN(CCN(CC(=O)[O-])CC(=O)[O-])CCN(CC(=O)[O-])CC(=O)[O-].O=C([O-])CN1CCN(CC(=O)[O-])CCN(CC(=O)[O-])CCN(CC(=O)[O-])CC1.[Gd+3].[Gd+3].[Gd+3].[Gd+3]. The van der Waals surface area contributed by atoms with E-state index in [1.54, 1.807) is 21.6 Å². The number of rotatable bonds is 48. The van der Waals surface area contributed by atoms with Gasteiger partial charge in [0.1, 0.15) is 0 Å². The fraction of sp³-hybridized carbons (Fsp3) is 0.746. The maximum absolute atomic E-state index is 11.5. The van der Waals surface area contributed by atoms with Gasteiger partial charge in [-0.2, -0.15) is 0 Å². The molecule has 120 heavy (non-hydrogen) atoms.